The standard InChI is InChI=1S/C10H9BrN4O2/c1-15-9(6(11)5-12-15)10(16)7-3-4-8(17-2)14-13-7/h3-5H,1-2H3. The summed E-state index contributed by atoms with van der Waals surface area (Å²) in [5.74, 6) is 0.123. The maximum atomic E-state index is 12.1. The van der Waals surface area contributed by atoms with Crippen molar-refractivity contribution in [3.8, 4) is 5.88 Å². The molecule has 0 aromatic carbocycles. The summed E-state index contributed by atoms with van der Waals surface area (Å²) >= 11 is 3.27. The molecule has 0 atom stereocenters. The second-order valence-corrected chi connectivity index (χ2v) is 4.11. The van der Waals surface area contributed by atoms with E-state index in [1.165, 1.54) is 11.8 Å². The number of hydrogen-bond acceptors (Lipinski definition) is 5. The van der Waals surface area contributed by atoms with Gasteiger partial charge in [-0.05, 0) is 22.0 Å². The average Bonchev–Trinajstić information content (AvgIpc) is 2.68. The molecule has 0 bridgehead atoms. The van der Waals surface area contributed by atoms with Crippen LogP contribution in [-0.4, -0.2) is 32.9 Å². The van der Waals surface area contributed by atoms with Crippen molar-refractivity contribution in [1.29, 1.82) is 0 Å². The van der Waals surface area contributed by atoms with Crippen molar-refractivity contribution in [3.63, 3.8) is 0 Å². The highest BCUT2D eigenvalue weighted by atomic mass is 79.9. The number of aryl methyl sites for hydroxylation is 1. The van der Waals surface area contributed by atoms with Gasteiger partial charge in [-0.1, -0.05) is 0 Å². The number of rotatable bonds is 3. The summed E-state index contributed by atoms with van der Waals surface area (Å²) in [5, 5.41) is 11.5. The zero-order valence-electron chi connectivity index (χ0n) is 9.22. The lowest BCUT2D eigenvalue weighted by Crippen LogP contribution is -2.11. The molecule has 2 aromatic heterocycles. The minimum Gasteiger partial charge on any atom is -0.480 e. The number of methoxy groups -OCH3 is 1. The van der Waals surface area contributed by atoms with E-state index in [0.717, 1.165) is 0 Å². The van der Waals surface area contributed by atoms with Gasteiger partial charge in [-0.3, -0.25) is 9.48 Å². The SMILES string of the molecule is COc1ccc(C(=O)c2c(Br)cnn2C)nn1. The molecule has 0 saturated carbocycles. The van der Waals surface area contributed by atoms with E-state index in [-0.39, 0.29) is 11.5 Å². The molecule has 0 aliphatic rings. The molecule has 0 saturated heterocycles. The van der Waals surface area contributed by atoms with Crippen LogP contribution in [0.2, 0.25) is 0 Å². The third-order valence-corrected chi connectivity index (χ3v) is 2.77. The van der Waals surface area contributed by atoms with Crippen molar-refractivity contribution in [3.05, 3.63) is 34.2 Å². The van der Waals surface area contributed by atoms with E-state index in [4.69, 9.17) is 4.74 Å². The Morgan fingerprint density at radius 1 is 1.41 bits per heavy atom. The predicted octanol–water partition coefficient (Wildman–Crippen LogP) is 1.21. The van der Waals surface area contributed by atoms with Gasteiger partial charge in [-0.15, -0.1) is 10.2 Å². The van der Waals surface area contributed by atoms with E-state index in [9.17, 15) is 4.79 Å². The number of halogens is 1. The normalized spacial score (nSPS) is 10.3. The fourth-order valence-corrected chi connectivity index (χ4v) is 1.87. The van der Waals surface area contributed by atoms with Gasteiger partial charge in [0.15, 0.2) is 0 Å². The van der Waals surface area contributed by atoms with Gasteiger partial charge in [0.1, 0.15) is 11.4 Å². The largest absolute Gasteiger partial charge is 0.480 e. The summed E-state index contributed by atoms with van der Waals surface area (Å²) in [6.45, 7) is 0. The van der Waals surface area contributed by atoms with Gasteiger partial charge in [0.25, 0.3) is 0 Å². The first-order chi connectivity index (χ1) is 8.13. The first-order valence-corrected chi connectivity index (χ1v) is 5.52. The first kappa shape index (κ1) is 11.7. The summed E-state index contributed by atoms with van der Waals surface area (Å²) in [6.07, 6.45) is 1.56. The summed E-state index contributed by atoms with van der Waals surface area (Å²) < 4.78 is 6.99. The van der Waals surface area contributed by atoms with Crippen LogP contribution < -0.4 is 4.74 Å². The number of ketones is 1. The van der Waals surface area contributed by atoms with Crippen LogP contribution in [0.15, 0.2) is 22.8 Å². The van der Waals surface area contributed by atoms with Gasteiger partial charge in [0.05, 0.1) is 17.8 Å². The lowest BCUT2D eigenvalue weighted by atomic mass is 10.2. The molecule has 7 heteroatoms. The number of carbonyl (C=O) groups is 1. The lowest BCUT2D eigenvalue weighted by Gasteiger charge is -2.02. The third-order valence-electron chi connectivity index (χ3n) is 2.19. The smallest absolute Gasteiger partial charge is 0.233 e. The Balaban J connectivity index is 2.37. The molecule has 0 radical (unpaired) electrons. The van der Waals surface area contributed by atoms with Gasteiger partial charge in [-0.2, -0.15) is 5.10 Å². The highest BCUT2D eigenvalue weighted by Crippen LogP contribution is 2.18. The van der Waals surface area contributed by atoms with Crippen molar-refractivity contribution in [2.45, 2.75) is 0 Å². The highest BCUT2D eigenvalue weighted by molar-refractivity contribution is 9.10. The molecule has 17 heavy (non-hydrogen) atoms. The summed E-state index contributed by atoms with van der Waals surface area (Å²) in [5.41, 5.74) is 0.680. The molecule has 0 amide bonds. The third kappa shape index (κ3) is 2.19. The van der Waals surface area contributed by atoms with E-state index in [2.05, 4.69) is 31.2 Å². The van der Waals surface area contributed by atoms with Crippen LogP contribution >= 0.6 is 15.9 Å². The van der Waals surface area contributed by atoms with Crippen LogP contribution in [0.1, 0.15) is 16.2 Å². The molecule has 0 unspecified atom stereocenters. The van der Waals surface area contributed by atoms with Crippen molar-refractivity contribution in [2.24, 2.45) is 7.05 Å². The summed E-state index contributed by atoms with van der Waals surface area (Å²) in [6, 6.07) is 3.15. The average molecular weight is 297 g/mol. The Kier molecular flexibility index (Phi) is 3.19. The molecule has 0 fully saturated rings. The quantitative estimate of drug-likeness (QED) is 0.796. The van der Waals surface area contributed by atoms with E-state index >= 15 is 0 Å². The molecule has 0 aliphatic heterocycles. The van der Waals surface area contributed by atoms with Crippen LogP contribution in [0, 0.1) is 0 Å². The van der Waals surface area contributed by atoms with E-state index in [1.807, 2.05) is 0 Å². The molecule has 2 rings (SSSR count). The maximum Gasteiger partial charge on any atom is 0.233 e. The molecular formula is C10H9BrN4O2. The second-order valence-electron chi connectivity index (χ2n) is 3.25. The molecule has 0 aliphatic carbocycles. The van der Waals surface area contributed by atoms with E-state index < -0.39 is 0 Å². The zero-order chi connectivity index (χ0) is 12.4. The Hall–Kier alpha value is -1.76. The minimum atomic E-state index is -0.243. The lowest BCUT2D eigenvalue weighted by molar-refractivity contribution is 0.102. The fourth-order valence-electron chi connectivity index (χ4n) is 1.34. The molecule has 0 spiro atoms. The zero-order valence-corrected chi connectivity index (χ0v) is 10.8. The van der Waals surface area contributed by atoms with Crippen LogP contribution in [0.5, 0.6) is 5.88 Å². The van der Waals surface area contributed by atoms with Crippen LogP contribution in [0.3, 0.4) is 0 Å². The van der Waals surface area contributed by atoms with Crippen LogP contribution in [0.25, 0.3) is 0 Å². The van der Waals surface area contributed by atoms with Crippen LogP contribution in [0.4, 0.5) is 0 Å². The van der Waals surface area contributed by atoms with Crippen molar-refractivity contribution < 1.29 is 9.53 Å². The summed E-state index contributed by atoms with van der Waals surface area (Å²) in [4.78, 5) is 12.1. The maximum absolute atomic E-state index is 12.1. The van der Waals surface area contributed by atoms with Crippen molar-refractivity contribution >= 4 is 21.7 Å². The number of carbonyl (C=O) groups excluding carboxylic acids is 1. The molecule has 88 valence electrons. The monoisotopic (exact) mass is 296 g/mol. The molecular weight excluding hydrogens is 288 g/mol. The number of ether oxygens (including phenoxy) is 1. The molecule has 6 nitrogen and oxygen atoms in total. The molecule has 2 heterocycles. The van der Waals surface area contributed by atoms with Gasteiger partial charge in [-0.25, -0.2) is 0 Å². The van der Waals surface area contributed by atoms with Crippen molar-refractivity contribution in [1.82, 2.24) is 20.0 Å². The Labute approximate surface area is 106 Å². The highest BCUT2D eigenvalue weighted by Gasteiger charge is 2.18. The molecule has 2 aromatic rings. The van der Waals surface area contributed by atoms with Gasteiger partial charge in [0.2, 0.25) is 11.7 Å². The topological polar surface area (TPSA) is 69.9 Å². The Morgan fingerprint density at radius 2 is 2.18 bits per heavy atom. The van der Waals surface area contributed by atoms with Crippen molar-refractivity contribution in [2.75, 3.05) is 7.11 Å². The number of hydrogen-bond donors (Lipinski definition) is 0. The van der Waals surface area contributed by atoms with Crippen LogP contribution in [-0.2, 0) is 7.05 Å². The first-order valence-electron chi connectivity index (χ1n) is 4.73. The summed E-state index contributed by atoms with van der Waals surface area (Å²) in [7, 11) is 3.18. The van der Waals surface area contributed by atoms with E-state index in [1.54, 1.807) is 25.4 Å². The van der Waals surface area contributed by atoms with Gasteiger partial charge >= 0.3 is 0 Å². The van der Waals surface area contributed by atoms with Gasteiger partial charge in [0, 0.05) is 13.1 Å². The predicted molar refractivity (Wildman–Crippen MR) is 62.9 cm³/mol. The second kappa shape index (κ2) is 4.62. The molecule has 0 N–H and O–H groups in total. The number of nitrogens with zero attached hydrogens (tertiary/aromatic N) is 4. The minimum absolute atomic E-state index is 0.243. The Morgan fingerprint density at radius 3 is 2.65 bits per heavy atom. The number of aromatic nitrogens is 4. The van der Waals surface area contributed by atoms with E-state index in [0.29, 0.717) is 16.0 Å². The Bertz CT molecular complexity index is 530. The fraction of sp³-hybridized carbons (Fsp3) is 0.200. The van der Waals surface area contributed by atoms with Gasteiger partial charge < -0.3 is 4.74 Å².